The molecule has 0 bridgehead atoms. The Labute approximate surface area is 125 Å². The first-order valence-electron chi connectivity index (χ1n) is 6.33. The van der Waals surface area contributed by atoms with Gasteiger partial charge in [-0.15, -0.1) is 11.3 Å². The molecule has 0 fully saturated rings. The molecule has 0 saturated heterocycles. The summed E-state index contributed by atoms with van der Waals surface area (Å²) in [5.41, 5.74) is 2.19. The highest BCUT2D eigenvalue weighted by Crippen LogP contribution is 2.32. The van der Waals surface area contributed by atoms with Gasteiger partial charge in [0.15, 0.2) is 0 Å². The zero-order valence-corrected chi connectivity index (χ0v) is 12.4. The van der Waals surface area contributed by atoms with Crippen LogP contribution < -0.4 is 4.72 Å². The van der Waals surface area contributed by atoms with Gasteiger partial charge in [-0.1, -0.05) is 30.3 Å². The highest BCUT2D eigenvalue weighted by molar-refractivity contribution is 7.90. The second-order valence-corrected chi connectivity index (χ2v) is 7.39. The van der Waals surface area contributed by atoms with Crippen LogP contribution in [0.4, 0.5) is 0 Å². The van der Waals surface area contributed by atoms with Crippen LogP contribution in [0.2, 0.25) is 0 Å². The molecule has 0 spiro atoms. The number of sulfonamides is 1. The fraction of sp³-hybridized carbons (Fsp3) is 0. The Bertz CT molecular complexity index is 955. The van der Waals surface area contributed by atoms with Crippen molar-refractivity contribution in [2.45, 2.75) is 4.90 Å². The van der Waals surface area contributed by atoms with Gasteiger partial charge in [-0.25, -0.2) is 13.4 Å². The van der Waals surface area contributed by atoms with Gasteiger partial charge >= 0.3 is 0 Å². The van der Waals surface area contributed by atoms with Crippen molar-refractivity contribution in [1.29, 1.82) is 0 Å². The number of benzene rings is 2. The zero-order valence-electron chi connectivity index (χ0n) is 10.8. The maximum Gasteiger partial charge on any atom is 0.262 e. The van der Waals surface area contributed by atoms with Gasteiger partial charge < -0.3 is 0 Å². The summed E-state index contributed by atoms with van der Waals surface area (Å²) in [6.45, 7) is 0. The van der Waals surface area contributed by atoms with E-state index < -0.39 is 10.0 Å². The molecular weight excluding hydrogens is 304 g/mol. The van der Waals surface area contributed by atoms with E-state index in [1.807, 2.05) is 30.3 Å². The average molecular weight is 314 g/mol. The molecule has 2 heterocycles. The minimum Gasteiger partial charge on any atom is -0.279 e. The summed E-state index contributed by atoms with van der Waals surface area (Å²) < 4.78 is 27.8. The van der Waals surface area contributed by atoms with Gasteiger partial charge in [0.25, 0.3) is 10.0 Å². The molecule has 1 aliphatic heterocycles. The Kier molecular flexibility index (Phi) is 2.63. The molecule has 1 aromatic heterocycles. The minimum atomic E-state index is -3.45. The van der Waals surface area contributed by atoms with Gasteiger partial charge in [-0.3, -0.25) is 4.72 Å². The molecule has 1 aliphatic rings. The first kappa shape index (κ1) is 12.6. The predicted octanol–water partition coefficient (Wildman–Crippen LogP) is 3.09. The van der Waals surface area contributed by atoms with E-state index in [1.165, 1.54) is 11.3 Å². The normalized spacial score (nSPS) is 17.8. The third-order valence-corrected chi connectivity index (χ3v) is 5.70. The van der Waals surface area contributed by atoms with Crippen molar-refractivity contribution >= 4 is 43.3 Å². The molecule has 2 aromatic carbocycles. The fourth-order valence-corrected chi connectivity index (χ4v) is 4.57. The lowest BCUT2D eigenvalue weighted by molar-refractivity contribution is 0.594. The van der Waals surface area contributed by atoms with Gasteiger partial charge in [-0.05, 0) is 24.3 Å². The molecule has 0 aliphatic carbocycles. The van der Waals surface area contributed by atoms with Crippen LogP contribution in [-0.4, -0.2) is 13.4 Å². The summed E-state index contributed by atoms with van der Waals surface area (Å²) in [5.74, 6) is 0. The van der Waals surface area contributed by atoms with E-state index in [1.54, 1.807) is 24.3 Å². The van der Waals surface area contributed by atoms with Crippen LogP contribution in [0.5, 0.6) is 0 Å². The van der Waals surface area contributed by atoms with Crippen LogP contribution in [0.1, 0.15) is 10.6 Å². The topological polar surface area (TPSA) is 59.1 Å². The Hall–Kier alpha value is -2.18. The van der Waals surface area contributed by atoms with Crippen molar-refractivity contribution in [3.05, 3.63) is 59.1 Å². The van der Waals surface area contributed by atoms with Crippen molar-refractivity contribution in [3.8, 4) is 0 Å². The van der Waals surface area contributed by atoms with Gasteiger partial charge in [0.1, 0.15) is 5.01 Å². The molecule has 6 heteroatoms. The number of rotatable bonds is 1. The number of thiazole rings is 1. The van der Waals surface area contributed by atoms with Crippen molar-refractivity contribution in [2.24, 2.45) is 0 Å². The third-order valence-electron chi connectivity index (χ3n) is 3.29. The molecule has 0 unspecified atom stereocenters. The lowest BCUT2D eigenvalue weighted by Gasteiger charge is -1.96. The van der Waals surface area contributed by atoms with E-state index in [0.717, 1.165) is 15.2 Å². The summed E-state index contributed by atoms with van der Waals surface area (Å²) in [6.07, 6.45) is 1.79. The summed E-state index contributed by atoms with van der Waals surface area (Å²) in [6, 6.07) is 14.8. The van der Waals surface area contributed by atoms with Gasteiger partial charge in [0.05, 0.1) is 20.8 Å². The lowest BCUT2D eigenvalue weighted by atomic mass is 10.1. The molecule has 0 saturated carbocycles. The van der Waals surface area contributed by atoms with Crippen molar-refractivity contribution < 1.29 is 8.42 Å². The molecule has 3 aromatic rings. The Balaban J connectivity index is 1.87. The van der Waals surface area contributed by atoms with Crippen molar-refractivity contribution in [1.82, 2.24) is 9.71 Å². The number of nitrogens with one attached hydrogen (secondary N) is 1. The summed E-state index contributed by atoms with van der Waals surface area (Å²) in [4.78, 5) is 4.82. The summed E-state index contributed by atoms with van der Waals surface area (Å²) in [7, 11) is -3.45. The second-order valence-electron chi connectivity index (χ2n) is 4.68. The predicted molar refractivity (Wildman–Crippen MR) is 84.3 cm³/mol. The molecule has 104 valence electrons. The zero-order chi connectivity index (χ0) is 14.4. The summed E-state index contributed by atoms with van der Waals surface area (Å²) in [5, 5.41) is 0.783. The smallest absolute Gasteiger partial charge is 0.262 e. The molecule has 4 rings (SSSR count). The SMILES string of the molecule is O=S1(=O)NC(=Cc2nc3ccccc3s2)c2ccccc21. The number of hydrogen-bond donors (Lipinski definition) is 1. The van der Waals surface area contributed by atoms with Crippen molar-refractivity contribution in [2.75, 3.05) is 0 Å². The largest absolute Gasteiger partial charge is 0.279 e. The Morgan fingerprint density at radius 3 is 2.67 bits per heavy atom. The molecule has 0 radical (unpaired) electrons. The van der Waals surface area contributed by atoms with Gasteiger partial charge in [-0.2, -0.15) is 0 Å². The van der Waals surface area contributed by atoms with E-state index in [-0.39, 0.29) is 0 Å². The molecule has 0 atom stereocenters. The lowest BCUT2D eigenvalue weighted by Crippen LogP contribution is -2.13. The fourth-order valence-electron chi connectivity index (χ4n) is 2.36. The van der Waals surface area contributed by atoms with Gasteiger partial charge in [0.2, 0.25) is 0 Å². The Morgan fingerprint density at radius 1 is 1.05 bits per heavy atom. The number of fused-ring (bicyclic) bond motifs is 2. The van der Waals surface area contributed by atoms with Crippen molar-refractivity contribution in [3.63, 3.8) is 0 Å². The number of hydrogen-bond acceptors (Lipinski definition) is 4. The van der Waals surface area contributed by atoms with Crippen LogP contribution in [0, 0.1) is 0 Å². The molecule has 4 nitrogen and oxygen atoms in total. The summed E-state index contributed by atoms with van der Waals surface area (Å²) >= 11 is 1.54. The van der Waals surface area contributed by atoms with Crippen LogP contribution >= 0.6 is 11.3 Å². The van der Waals surface area contributed by atoms with Gasteiger partial charge in [0, 0.05) is 5.56 Å². The van der Waals surface area contributed by atoms with E-state index in [4.69, 9.17) is 0 Å². The molecule has 21 heavy (non-hydrogen) atoms. The minimum absolute atomic E-state index is 0.317. The second kappa shape index (κ2) is 4.41. The van der Waals surface area contributed by atoms with E-state index in [9.17, 15) is 8.42 Å². The van der Waals surface area contributed by atoms with E-state index >= 15 is 0 Å². The maximum atomic E-state index is 12.1. The monoisotopic (exact) mass is 314 g/mol. The van der Waals surface area contributed by atoms with Crippen LogP contribution in [-0.2, 0) is 10.0 Å². The molecule has 1 N–H and O–H groups in total. The first-order valence-corrected chi connectivity index (χ1v) is 8.63. The van der Waals surface area contributed by atoms with E-state index in [0.29, 0.717) is 16.2 Å². The highest BCUT2D eigenvalue weighted by Gasteiger charge is 2.28. The maximum absolute atomic E-state index is 12.1. The first-order chi connectivity index (χ1) is 10.1. The standard InChI is InChI=1S/C15H10N2O2S2/c18-21(19)14-8-4-1-5-10(14)12(17-21)9-15-16-11-6-2-3-7-13(11)20-15/h1-9,17H. The van der Waals surface area contributed by atoms with Crippen LogP contribution in [0.3, 0.4) is 0 Å². The highest BCUT2D eigenvalue weighted by atomic mass is 32.2. The van der Waals surface area contributed by atoms with Crippen LogP contribution in [0.15, 0.2) is 53.4 Å². The Morgan fingerprint density at radius 2 is 1.81 bits per heavy atom. The van der Waals surface area contributed by atoms with E-state index in [2.05, 4.69) is 9.71 Å². The number of aromatic nitrogens is 1. The molecular formula is C15H10N2O2S2. The number of para-hydroxylation sites is 1. The average Bonchev–Trinajstić information content (AvgIpc) is 2.98. The molecule has 0 amide bonds. The van der Waals surface area contributed by atoms with Crippen LogP contribution in [0.25, 0.3) is 22.0 Å². The number of nitrogens with zero attached hydrogens (tertiary/aromatic N) is 1. The quantitative estimate of drug-likeness (QED) is 0.751. The third kappa shape index (κ3) is 2.03.